The molecule has 6 N–H and O–H groups in total. The minimum absolute atomic E-state index is 0. The minimum Gasteiger partial charge on any atom is -0.354 e. The van der Waals surface area contributed by atoms with E-state index in [9.17, 15) is 10.4 Å². The van der Waals surface area contributed by atoms with Crippen LogP contribution in [0.3, 0.4) is 0 Å². The van der Waals surface area contributed by atoms with Crippen molar-refractivity contribution < 1.29 is 37.0 Å². The Morgan fingerprint density at radius 1 is 0.677 bits per heavy atom. The Balaban J connectivity index is 0.000000213. The van der Waals surface area contributed by atoms with Crippen molar-refractivity contribution in [1.82, 2.24) is 30.6 Å². The van der Waals surface area contributed by atoms with Crippen LogP contribution in [0.15, 0.2) is 25.0 Å². The van der Waals surface area contributed by atoms with Crippen molar-refractivity contribution >= 4 is 11.7 Å². The Morgan fingerprint density at radius 3 is 1.19 bits per heavy atom. The van der Waals surface area contributed by atoms with Gasteiger partial charge >= 0.3 is 28.7 Å². The van der Waals surface area contributed by atoms with Gasteiger partial charge in [-0.3, -0.25) is 10.6 Å². The molecular weight excluding hydrogens is 448 g/mol. The molecule has 0 bridgehead atoms. The van der Waals surface area contributed by atoms with Gasteiger partial charge in [0.1, 0.15) is 11.1 Å². The van der Waals surface area contributed by atoms with E-state index in [1.807, 2.05) is 27.7 Å². The molecule has 31 heavy (non-hydrogen) atoms. The summed E-state index contributed by atoms with van der Waals surface area (Å²) < 4.78 is 2.51. The third kappa shape index (κ3) is 3.92. The number of rotatable bonds is 2. The van der Waals surface area contributed by atoms with Gasteiger partial charge in [-0.2, -0.15) is 0 Å². The van der Waals surface area contributed by atoms with Gasteiger partial charge in [-0.1, -0.05) is 9.48 Å². The van der Waals surface area contributed by atoms with Crippen LogP contribution in [0.2, 0.25) is 0 Å². The van der Waals surface area contributed by atoms with E-state index in [1.54, 1.807) is 25.0 Å². The first kappa shape index (κ1) is 24.7. The molecule has 0 unspecified atom stereocenters. The maximum Gasteiger partial charge on any atom is 2.00 e. The van der Waals surface area contributed by atoms with E-state index >= 15 is 0 Å². The molecule has 10 nitrogen and oxygen atoms in total. The molecule has 0 fully saturated rings. The van der Waals surface area contributed by atoms with E-state index in [-0.39, 0.29) is 39.2 Å². The summed E-state index contributed by atoms with van der Waals surface area (Å²) in [6, 6.07) is 0. The first-order valence-electron chi connectivity index (χ1n) is 9.99. The zero-order chi connectivity index (χ0) is 22.5. The molecule has 4 heterocycles. The Morgan fingerprint density at radius 2 is 1.00 bits per heavy atom. The molecule has 0 aromatic carbocycles. The van der Waals surface area contributed by atoms with E-state index in [2.05, 4.69) is 58.3 Å². The number of aromatic nitrogens is 4. The minimum atomic E-state index is -0.374. The summed E-state index contributed by atoms with van der Waals surface area (Å²) in [6.45, 7) is 16.1. The molecule has 0 spiro atoms. The number of imidazole rings is 2. The smallest absolute Gasteiger partial charge is 0.354 e. The average Bonchev–Trinajstić information content (AvgIpc) is 3.40. The van der Waals surface area contributed by atoms with Crippen molar-refractivity contribution in [2.75, 3.05) is 0 Å². The number of H-pyrrole nitrogens is 2. The molecule has 2 aliphatic rings. The van der Waals surface area contributed by atoms with Crippen LogP contribution >= 0.6 is 0 Å². The van der Waals surface area contributed by atoms with E-state index in [0.29, 0.717) is 11.7 Å². The Labute approximate surface area is 193 Å². The van der Waals surface area contributed by atoms with Crippen molar-refractivity contribution in [2.45, 2.75) is 77.5 Å². The molecule has 4 rings (SSSR count). The van der Waals surface area contributed by atoms with Crippen molar-refractivity contribution in [2.24, 2.45) is 0 Å². The van der Waals surface area contributed by atoms with E-state index in [0.717, 1.165) is 11.4 Å². The SMILES string of the molecule is CC1(C)NC(c2c[nH]cn2)=[N+](O)C1(C)C.CC1(C)NC(c2c[nH]cn2)=[N+](O)C1(C)C.[Cu+2]. The van der Waals surface area contributed by atoms with Crippen LogP contribution in [0.5, 0.6) is 0 Å². The van der Waals surface area contributed by atoms with Crippen molar-refractivity contribution in [3.63, 3.8) is 0 Å². The predicted molar refractivity (Wildman–Crippen MR) is 112 cm³/mol. The largest absolute Gasteiger partial charge is 2.00 e. The summed E-state index contributed by atoms with van der Waals surface area (Å²) in [5.74, 6) is 1.29. The number of nitrogens with zero attached hydrogens (tertiary/aromatic N) is 4. The molecule has 0 saturated carbocycles. The van der Waals surface area contributed by atoms with Gasteiger partial charge in [0.25, 0.3) is 0 Å². The van der Waals surface area contributed by atoms with Crippen molar-refractivity contribution in [3.05, 3.63) is 36.4 Å². The third-order valence-corrected chi connectivity index (χ3v) is 6.89. The van der Waals surface area contributed by atoms with Gasteiger partial charge < -0.3 is 20.4 Å². The second-order valence-corrected chi connectivity index (χ2v) is 9.85. The summed E-state index contributed by atoms with van der Waals surface area (Å²) in [7, 11) is 0. The molecule has 0 atom stereocenters. The predicted octanol–water partition coefficient (Wildman–Crippen LogP) is 1.43. The number of nitrogens with one attached hydrogen (secondary N) is 4. The maximum atomic E-state index is 10.1. The molecule has 0 amide bonds. The van der Waals surface area contributed by atoms with Crippen molar-refractivity contribution in [1.29, 1.82) is 0 Å². The molecule has 0 saturated heterocycles. The first-order valence-corrected chi connectivity index (χ1v) is 9.99. The number of amidine groups is 2. The average molecular weight is 482 g/mol. The second kappa shape index (κ2) is 7.87. The number of hydrogen-bond donors (Lipinski definition) is 6. The standard InChI is InChI=1S/2C10H16N4O.Cu/c2*1-9(2)10(3,4)14(15)8(13-9)7-5-11-6-12-7;/h2*5-6,15H,1-4H3,(H,11,12,13);/q;;+2/p+2. The molecule has 0 aliphatic carbocycles. The van der Waals surface area contributed by atoms with Gasteiger partial charge in [-0.15, -0.1) is 0 Å². The normalized spacial score (nSPS) is 22.2. The van der Waals surface area contributed by atoms with Crippen LogP contribution < -0.4 is 10.6 Å². The van der Waals surface area contributed by atoms with Gasteiger partial charge in [0.15, 0.2) is 22.5 Å². The Kier molecular flexibility index (Phi) is 6.28. The quantitative estimate of drug-likeness (QED) is 0.219. The van der Waals surface area contributed by atoms with Crippen LogP contribution in [0, 0.1) is 0 Å². The number of hydroxylamine groups is 2. The zero-order valence-corrected chi connectivity index (χ0v) is 20.2. The maximum absolute atomic E-state index is 10.1. The van der Waals surface area contributed by atoms with Gasteiger partial charge in [0.2, 0.25) is 0 Å². The molecule has 2 aromatic rings. The summed E-state index contributed by atoms with van der Waals surface area (Å²) in [6.07, 6.45) is 6.69. The molecule has 2 aromatic heterocycles. The molecule has 1 radical (unpaired) electrons. The molecular formula is C20H34CuN8O2+4. The fourth-order valence-corrected chi connectivity index (χ4v) is 3.22. The van der Waals surface area contributed by atoms with E-state index in [4.69, 9.17) is 0 Å². The van der Waals surface area contributed by atoms with Crippen LogP contribution in [-0.2, 0) is 17.1 Å². The topological polar surface area (TPSA) is 128 Å². The fourth-order valence-electron chi connectivity index (χ4n) is 3.22. The van der Waals surface area contributed by atoms with Crippen molar-refractivity contribution in [3.8, 4) is 0 Å². The first-order chi connectivity index (χ1) is 13.7. The van der Waals surface area contributed by atoms with E-state index < -0.39 is 0 Å². The number of aromatic amines is 2. The summed E-state index contributed by atoms with van der Waals surface area (Å²) in [5.41, 5.74) is 0.265. The van der Waals surface area contributed by atoms with Crippen LogP contribution in [0.4, 0.5) is 0 Å². The van der Waals surface area contributed by atoms with Gasteiger partial charge in [0, 0.05) is 12.4 Å². The van der Waals surface area contributed by atoms with Gasteiger partial charge in [-0.25, -0.2) is 9.97 Å². The Bertz CT molecular complexity index is 893. The van der Waals surface area contributed by atoms with Gasteiger partial charge in [-0.05, 0) is 55.4 Å². The Hall–Kier alpha value is -2.52. The van der Waals surface area contributed by atoms with E-state index in [1.165, 1.54) is 9.48 Å². The molecule has 2 aliphatic heterocycles. The summed E-state index contributed by atoms with van der Waals surface area (Å²) in [4.78, 5) is 14.0. The molecule has 173 valence electrons. The van der Waals surface area contributed by atoms with Gasteiger partial charge in [0.05, 0.1) is 12.7 Å². The third-order valence-electron chi connectivity index (χ3n) is 6.89. The fraction of sp³-hybridized carbons (Fsp3) is 0.600. The number of hydrogen-bond acceptors (Lipinski definition) is 6. The van der Waals surface area contributed by atoms with Crippen LogP contribution in [0.1, 0.15) is 66.8 Å². The zero-order valence-electron chi connectivity index (χ0n) is 19.3. The second-order valence-electron chi connectivity index (χ2n) is 9.85. The summed E-state index contributed by atoms with van der Waals surface area (Å²) in [5, 5.41) is 26.8. The summed E-state index contributed by atoms with van der Waals surface area (Å²) >= 11 is 0. The molecule has 11 heteroatoms. The monoisotopic (exact) mass is 481 g/mol. The van der Waals surface area contributed by atoms with Crippen LogP contribution in [-0.4, -0.2) is 73.7 Å². The van der Waals surface area contributed by atoms with Crippen LogP contribution in [0.25, 0.3) is 0 Å².